The Kier molecular flexibility index (Phi) is 5.14. The molecule has 2 unspecified atom stereocenters. The Hall–Kier alpha value is -1.95. The third-order valence-electron chi connectivity index (χ3n) is 5.53. The lowest BCUT2D eigenvalue weighted by Gasteiger charge is -2.39. The predicted molar refractivity (Wildman–Crippen MR) is 91.1 cm³/mol. The van der Waals surface area contributed by atoms with E-state index in [2.05, 4.69) is 6.92 Å². The van der Waals surface area contributed by atoms with Gasteiger partial charge in [0.05, 0.1) is 37.1 Å². The number of amides is 1. The molecule has 130 valence electrons. The van der Waals surface area contributed by atoms with Crippen LogP contribution < -0.4 is 4.90 Å². The molecule has 0 aromatic heterocycles. The van der Waals surface area contributed by atoms with Crippen LogP contribution in [0.3, 0.4) is 0 Å². The Balaban J connectivity index is 1.55. The van der Waals surface area contributed by atoms with Gasteiger partial charge < -0.3 is 9.80 Å². The molecule has 2 aliphatic rings. The summed E-state index contributed by atoms with van der Waals surface area (Å²) < 4.78 is 0. The number of quaternary nitrogens is 1. The quantitative estimate of drug-likeness (QED) is 0.674. The van der Waals surface area contributed by atoms with E-state index in [1.54, 1.807) is 17.0 Å². The number of carbonyl (C=O) groups is 1. The van der Waals surface area contributed by atoms with Crippen LogP contribution in [-0.4, -0.2) is 48.0 Å². The largest absolute Gasteiger partial charge is 0.330 e. The zero-order valence-corrected chi connectivity index (χ0v) is 14.2. The zero-order chi connectivity index (χ0) is 17.1. The Bertz CT molecular complexity index is 594. The second-order valence-electron chi connectivity index (χ2n) is 7.22. The third-order valence-corrected chi connectivity index (χ3v) is 5.53. The molecule has 0 bridgehead atoms. The minimum absolute atomic E-state index is 0.0130. The Morgan fingerprint density at radius 2 is 1.88 bits per heavy atom. The van der Waals surface area contributed by atoms with Crippen molar-refractivity contribution >= 4 is 11.6 Å². The third kappa shape index (κ3) is 3.75. The molecular formula is C18H26N3O3+. The van der Waals surface area contributed by atoms with Crippen molar-refractivity contribution in [3.8, 4) is 0 Å². The number of nitro groups is 1. The van der Waals surface area contributed by atoms with Gasteiger partial charge in [-0.25, -0.2) is 0 Å². The highest BCUT2D eigenvalue weighted by Gasteiger charge is 2.32. The monoisotopic (exact) mass is 332 g/mol. The summed E-state index contributed by atoms with van der Waals surface area (Å²) >= 11 is 0. The maximum Gasteiger partial charge on any atom is 0.269 e. The van der Waals surface area contributed by atoms with Gasteiger partial charge in [0, 0.05) is 24.1 Å². The highest BCUT2D eigenvalue weighted by Crippen LogP contribution is 2.22. The normalized spacial score (nSPS) is 25.5. The van der Waals surface area contributed by atoms with Crippen molar-refractivity contribution in [1.29, 1.82) is 0 Å². The number of carbonyl (C=O) groups excluding carboxylic acids is 1. The number of nitrogens with one attached hydrogen (secondary N) is 1. The summed E-state index contributed by atoms with van der Waals surface area (Å²) in [6.07, 6.45) is 5.32. The van der Waals surface area contributed by atoms with E-state index in [-0.39, 0.29) is 11.6 Å². The van der Waals surface area contributed by atoms with E-state index < -0.39 is 4.92 Å². The van der Waals surface area contributed by atoms with Gasteiger partial charge in [0.25, 0.3) is 11.6 Å². The number of benzene rings is 1. The number of hydrogen-bond donors (Lipinski definition) is 1. The van der Waals surface area contributed by atoms with Crippen molar-refractivity contribution in [1.82, 2.24) is 4.90 Å². The van der Waals surface area contributed by atoms with E-state index in [4.69, 9.17) is 0 Å². The standard InChI is InChI=1S/C18H25N3O3/c1-14-3-2-4-17(13-14)19-9-11-20(12-10-19)18(22)15-5-7-16(8-6-15)21(23)24/h5-8,14,17H,2-4,9-13H2,1H3/p+1. The summed E-state index contributed by atoms with van der Waals surface area (Å²) in [6, 6.07) is 6.67. The van der Waals surface area contributed by atoms with Crippen LogP contribution in [0.2, 0.25) is 0 Å². The van der Waals surface area contributed by atoms with Crippen LogP contribution in [0, 0.1) is 16.0 Å². The number of nitrogens with zero attached hydrogens (tertiary/aromatic N) is 2. The van der Waals surface area contributed by atoms with E-state index in [1.165, 1.54) is 37.8 Å². The molecular weight excluding hydrogens is 306 g/mol. The van der Waals surface area contributed by atoms with E-state index in [0.717, 1.165) is 38.1 Å². The van der Waals surface area contributed by atoms with Crippen molar-refractivity contribution in [2.75, 3.05) is 26.2 Å². The fraction of sp³-hybridized carbons (Fsp3) is 0.611. The molecule has 6 heteroatoms. The number of piperazine rings is 1. The van der Waals surface area contributed by atoms with Crippen LogP contribution in [-0.2, 0) is 0 Å². The molecule has 6 nitrogen and oxygen atoms in total. The number of hydrogen-bond acceptors (Lipinski definition) is 3. The lowest BCUT2D eigenvalue weighted by atomic mass is 9.86. The predicted octanol–water partition coefficient (Wildman–Crippen LogP) is 1.51. The van der Waals surface area contributed by atoms with Gasteiger partial charge >= 0.3 is 0 Å². The van der Waals surface area contributed by atoms with Crippen LogP contribution in [0.15, 0.2) is 24.3 Å². The maximum absolute atomic E-state index is 12.6. The first-order valence-corrected chi connectivity index (χ1v) is 8.93. The highest BCUT2D eigenvalue weighted by molar-refractivity contribution is 5.94. The fourth-order valence-corrected chi connectivity index (χ4v) is 4.12. The molecule has 1 aliphatic heterocycles. The summed E-state index contributed by atoms with van der Waals surface area (Å²) in [4.78, 5) is 26.4. The van der Waals surface area contributed by atoms with Crippen LogP contribution in [0.1, 0.15) is 43.0 Å². The molecule has 1 saturated carbocycles. The maximum atomic E-state index is 12.6. The molecule has 1 amide bonds. The molecule has 24 heavy (non-hydrogen) atoms. The van der Waals surface area contributed by atoms with Gasteiger partial charge in [-0.15, -0.1) is 0 Å². The molecule has 2 atom stereocenters. The summed E-state index contributed by atoms with van der Waals surface area (Å²) in [5.74, 6) is 0.817. The van der Waals surface area contributed by atoms with E-state index in [0.29, 0.717) is 5.56 Å². The molecule has 0 radical (unpaired) electrons. The molecule has 1 aromatic carbocycles. The zero-order valence-electron chi connectivity index (χ0n) is 14.2. The van der Waals surface area contributed by atoms with Gasteiger partial charge in [-0.05, 0) is 30.9 Å². The van der Waals surface area contributed by atoms with Gasteiger partial charge in [-0.3, -0.25) is 14.9 Å². The molecule has 0 spiro atoms. The average Bonchev–Trinajstić information content (AvgIpc) is 2.61. The van der Waals surface area contributed by atoms with Crippen molar-refractivity contribution in [3.05, 3.63) is 39.9 Å². The molecule has 1 N–H and O–H groups in total. The average molecular weight is 332 g/mol. The van der Waals surface area contributed by atoms with Crippen LogP contribution in [0.25, 0.3) is 0 Å². The first-order valence-electron chi connectivity index (χ1n) is 8.93. The van der Waals surface area contributed by atoms with Crippen LogP contribution >= 0.6 is 0 Å². The van der Waals surface area contributed by atoms with Crippen molar-refractivity contribution in [2.24, 2.45) is 5.92 Å². The summed E-state index contributed by atoms with van der Waals surface area (Å²) in [7, 11) is 0. The topological polar surface area (TPSA) is 67.9 Å². The first-order chi connectivity index (χ1) is 11.5. The van der Waals surface area contributed by atoms with Gasteiger partial charge in [0.2, 0.25) is 0 Å². The smallest absolute Gasteiger partial charge is 0.269 e. The van der Waals surface area contributed by atoms with Gasteiger partial charge in [0.1, 0.15) is 0 Å². The highest BCUT2D eigenvalue weighted by atomic mass is 16.6. The summed E-state index contributed by atoms with van der Waals surface area (Å²) in [5, 5.41) is 10.7. The molecule has 1 aromatic rings. The SMILES string of the molecule is CC1CCCC([NH+]2CCN(C(=O)c3ccc([N+](=O)[O-])cc3)CC2)C1. The molecule has 2 fully saturated rings. The second kappa shape index (κ2) is 7.30. The van der Waals surface area contributed by atoms with Crippen LogP contribution in [0.4, 0.5) is 5.69 Å². The number of rotatable bonds is 3. The molecule has 1 saturated heterocycles. The Morgan fingerprint density at radius 1 is 1.21 bits per heavy atom. The van der Waals surface area contributed by atoms with Crippen molar-refractivity contribution in [3.63, 3.8) is 0 Å². The van der Waals surface area contributed by atoms with E-state index in [1.807, 2.05) is 4.90 Å². The number of nitro benzene ring substituents is 1. The molecule has 3 rings (SSSR count). The van der Waals surface area contributed by atoms with Gasteiger partial charge in [0.15, 0.2) is 0 Å². The lowest BCUT2D eigenvalue weighted by molar-refractivity contribution is -0.930. The van der Waals surface area contributed by atoms with E-state index in [9.17, 15) is 14.9 Å². The fourth-order valence-electron chi connectivity index (χ4n) is 4.12. The van der Waals surface area contributed by atoms with Gasteiger partial charge in [-0.1, -0.05) is 13.3 Å². The van der Waals surface area contributed by atoms with Crippen molar-refractivity contribution < 1.29 is 14.6 Å². The van der Waals surface area contributed by atoms with Crippen LogP contribution in [0.5, 0.6) is 0 Å². The lowest BCUT2D eigenvalue weighted by Crippen LogP contribution is -3.18. The van der Waals surface area contributed by atoms with Gasteiger partial charge in [-0.2, -0.15) is 0 Å². The van der Waals surface area contributed by atoms with E-state index >= 15 is 0 Å². The summed E-state index contributed by atoms with van der Waals surface area (Å²) in [5.41, 5.74) is 0.558. The Labute approximate surface area is 142 Å². The summed E-state index contributed by atoms with van der Waals surface area (Å²) in [6.45, 7) is 5.91. The minimum Gasteiger partial charge on any atom is -0.330 e. The molecule has 1 aliphatic carbocycles. The number of non-ortho nitro benzene ring substituents is 1. The second-order valence-corrected chi connectivity index (χ2v) is 7.22. The minimum atomic E-state index is -0.443. The van der Waals surface area contributed by atoms with Crippen molar-refractivity contribution in [2.45, 2.75) is 38.6 Å². The molecule has 1 heterocycles. The first kappa shape index (κ1) is 16.9. The Morgan fingerprint density at radius 3 is 2.46 bits per heavy atom.